The quantitative estimate of drug-likeness (QED) is 0.764. The normalized spacial score (nSPS) is 20.1. The summed E-state index contributed by atoms with van der Waals surface area (Å²) >= 11 is 0. The Morgan fingerprint density at radius 3 is 2.93 bits per heavy atom. The summed E-state index contributed by atoms with van der Waals surface area (Å²) in [6, 6.07) is 0. The van der Waals surface area contributed by atoms with Crippen LogP contribution in [0.5, 0.6) is 0 Å². The van der Waals surface area contributed by atoms with E-state index in [0.717, 1.165) is 19.0 Å². The van der Waals surface area contributed by atoms with Crippen molar-refractivity contribution in [1.82, 2.24) is 15.1 Å². The fraction of sp³-hybridized carbons (Fsp3) is 0.700. The minimum absolute atomic E-state index is 0. The summed E-state index contributed by atoms with van der Waals surface area (Å²) in [5.41, 5.74) is 4.36. The van der Waals surface area contributed by atoms with Gasteiger partial charge >= 0.3 is 0 Å². The van der Waals surface area contributed by atoms with E-state index in [4.69, 9.17) is 0 Å². The van der Waals surface area contributed by atoms with Crippen molar-refractivity contribution in [2.75, 3.05) is 6.54 Å². The van der Waals surface area contributed by atoms with Gasteiger partial charge in [0.15, 0.2) is 0 Å². The fourth-order valence-electron chi connectivity index (χ4n) is 2.34. The van der Waals surface area contributed by atoms with Crippen LogP contribution in [0.2, 0.25) is 0 Å². The Bertz CT molecular complexity index is 341. The first-order valence-corrected chi connectivity index (χ1v) is 5.11. The van der Waals surface area contributed by atoms with Gasteiger partial charge < -0.3 is 5.32 Å². The summed E-state index contributed by atoms with van der Waals surface area (Å²) in [5, 5.41) is 7.93. The molecule has 0 unspecified atom stereocenters. The van der Waals surface area contributed by atoms with Gasteiger partial charge in [-0.1, -0.05) is 0 Å². The van der Waals surface area contributed by atoms with Gasteiger partial charge in [0.05, 0.1) is 5.69 Å². The minimum atomic E-state index is 0. The van der Waals surface area contributed by atoms with E-state index >= 15 is 0 Å². The fourth-order valence-corrected chi connectivity index (χ4v) is 2.34. The molecule has 1 fully saturated rings. The Morgan fingerprint density at radius 2 is 2.21 bits per heavy atom. The van der Waals surface area contributed by atoms with Gasteiger partial charge in [0.25, 0.3) is 0 Å². The van der Waals surface area contributed by atoms with E-state index in [1.807, 2.05) is 0 Å². The second kappa shape index (κ2) is 3.55. The molecular formula is C10H16ClN3. The van der Waals surface area contributed by atoms with E-state index in [2.05, 4.69) is 22.1 Å². The van der Waals surface area contributed by atoms with Crippen LogP contribution in [0.4, 0.5) is 0 Å². The smallest absolute Gasteiger partial charge is 0.0797 e. The molecule has 4 heteroatoms. The molecule has 0 bridgehead atoms. The second-order valence-electron chi connectivity index (χ2n) is 4.14. The van der Waals surface area contributed by atoms with Gasteiger partial charge in [0.1, 0.15) is 0 Å². The van der Waals surface area contributed by atoms with E-state index in [1.165, 1.54) is 30.7 Å². The molecule has 0 radical (unpaired) electrons. The maximum Gasteiger partial charge on any atom is 0.0797 e. The summed E-state index contributed by atoms with van der Waals surface area (Å²) in [7, 11) is 2.09. The lowest BCUT2D eigenvalue weighted by atomic mass is 10.0. The highest BCUT2D eigenvalue weighted by Gasteiger charge is 2.31. The molecule has 1 aliphatic heterocycles. The highest BCUT2D eigenvalue weighted by molar-refractivity contribution is 5.85. The molecule has 2 aliphatic rings. The van der Waals surface area contributed by atoms with Crippen molar-refractivity contribution < 1.29 is 0 Å². The van der Waals surface area contributed by atoms with Crippen LogP contribution in [-0.4, -0.2) is 16.3 Å². The monoisotopic (exact) mass is 213 g/mol. The third kappa shape index (κ3) is 1.44. The minimum Gasteiger partial charge on any atom is -0.311 e. The van der Waals surface area contributed by atoms with Crippen molar-refractivity contribution in [2.24, 2.45) is 7.05 Å². The van der Waals surface area contributed by atoms with Gasteiger partial charge in [-0.15, -0.1) is 12.4 Å². The largest absolute Gasteiger partial charge is 0.311 e. The molecule has 14 heavy (non-hydrogen) atoms. The van der Waals surface area contributed by atoms with Crippen LogP contribution in [0.15, 0.2) is 0 Å². The molecule has 1 saturated carbocycles. The SMILES string of the molecule is Cl.Cn1nc2c(c1C1CC1)CCNC2. The number of fused-ring (bicyclic) bond motifs is 1. The third-order valence-electron chi connectivity index (χ3n) is 3.09. The predicted molar refractivity (Wildman–Crippen MR) is 57.8 cm³/mol. The molecule has 1 N–H and O–H groups in total. The van der Waals surface area contributed by atoms with Gasteiger partial charge in [0, 0.05) is 25.2 Å². The van der Waals surface area contributed by atoms with Crippen molar-refractivity contribution >= 4 is 12.4 Å². The summed E-state index contributed by atoms with van der Waals surface area (Å²) < 4.78 is 2.11. The molecule has 3 rings (SSSR count). The number of nitrogens with zero attached hydrogens (tertiary/aromatic N) is 2. The van der Waals surface area contributed by atoms with Gasteiger partial charge in [-0.2, -0.15) is 5.10 Å². The first kappa shape index (κ1) is 9.99. The number of halogens is 1. The van der Waals surface area contributed by atoms with Gasteiger partial charge in [0.2, 0.25) is 0 Å². The lowest BCUT2D eigenvalue weighted by Crippen LogP contribution is -2.23. The number of nitrogens with one attached hydrogen (secondary N) is 1. The lowest BCUT2D eigenvalue weighted by molar-refractivity contribution is 0.625. The molecule has 0 spiro atoms. The molecule has 0 amide bonds. The predicted octanol–water partition coefficient (Wildman–Crippen LogP) is 1.36. The molecule has 1 aromatic rings. The highest BCUT2D eigenvalue weighted by atomic mass is 35.5. The van der Waals surface area contributed by atoms with Crippen molar-refractivity contribution in [3.63, 3.8) is 0 Å². The standard InChI is InChI=1S/C10H15N3.ClH/c1-13-10(7-2-3-7)8-4-5-11-6-9(8)12-13;/h7,11H,2-6H2,1H3;1H. The maximum atomic E-state index is 4.57. The zero-order valence-corrected chi connectivity index (χ0v) is 9.23. The molecule has 78 valence electrons. The first-order valence-electron chi connectivity index (χ1n) is 5.11. The average Bonchev–Trinajstić information content (AvgIpc) is 2.88. The number of aromatic nitrogens is 2. The van der Waals surface area contributed by atoms with Gasteiger partial charge in [-0.25, -0.2) is 0 Å². The molecule has 1 aliphatic carbocycles. The number of aryl methyl sites for hydroxylation is 1. The average molecular weight is 214 g/mol. The second-order valence-corrected chi connectivity index (χ2v) is 4.14. The number of hydrogen-bond donors (Lipinski definition) is 1. The Labute approximate surface area is 90.3 Å². The zero-order chi connectivity index (χ0) is 8.84. The van der Waals surface area contributed by atoms with Crippen LogP contribution in [0, 0.1) is 0 Å². The molecule has 0 aromatic carbocycles. The summed E-state index contributed by atoms with van der Waals surface area (Å²) in [5.74, 6) is 0.833. The molecule has 2 heterocycles. The maximum absolute atomic E-state index is 4.57. The molecule has 3 nitrogen and oxygen atoms in total. The van der Waals surface area contributed by atoms with E-state index in [-0.39, 0.29) is 12.4 Å². The Hall–Kier alpha value is -0.540. The van der Waals surface area contributed by atoms with E-state index in [0.29, 0.717) is 0 Å². The third-order valence-corrected chi connectivity index (χ3v) is 3.09. The van der Waals surface area contributed by atoms with Gasteiger partial charge in [-0.3, -0.25) is 4.68 Å². The number of hydrogen-bond acceptors (Lipinski definition) is 2. The Morgan fingerprint density at radius 1 is 1.43 bits per heavy atom. The highest BCUT2D eigenvalue weighted by Crippen LogP contribution is 2.42. The molecular weight excluding hydrogens is 198 g/mol. The van der Waals surface area contributed by atoms with Crippen molar-refractivity contribution in [3.05, 3.63) is 17.0 Å². The van der Waals surface area contributed by atoms with Crippen molar-refractivity contribution in [2.45, 2.75) is 31.7 Å². The summed E-state index contributed by atoms with van der Waals surface area (Å²) in [4.78, 5) is 0. The number of rotatable bonds is 1. The van der Waals surface area contributed by atoms with Crippen LogP contribution in [0.3, 0.4) is 0 Å². The van der Waals surface area contributed by atoms with E-state index in [9.17, 15) is 0 Å². The molecule has 0 saturated heterocycles. The Kier molecular flexibility index (Phi) is 2.54. The van der Waals surface area contributed by atoms with E-state index in [1.54, 1.807) is 5.56 Å². The zero-order valence-electron chi connectivity index (χ0n) is 8.42. The first-order chi connectivity index (χ1) is 6.36. The topological polar surface area (TPSA) is 29.9 Å². The summed E-state index contributed by atoms with van der Waals surface area (Å²) in [6.07, 6.45) is 3.92. The van der Waals surface area contributed by atoms with E-state index < -0.39 is 0 Å². The molecule has 0 atom stereocenters. The lowest BCUT2D eigenvalue weighted by Gasteiger charge is -2.12. The van der Waals surface area contributed by atoms with Crippen LogP contribution in [-0.2, 0) is 20.0 Å². The van der Waals surface area contributed by atoms with Crippen LogP contribution in [0.25, 0.3) is 0 Å². The summed E-state index contributed by atoms with van der Waals surface area (Å²) in [6.45, 7) is 2.09. The molecule has 1 aromatic heterocycles. The van der Waals surface area contributed by atoms with Crippen LogP contribution < -0.4 is 5.32 Å². The van der Waals surface area contributed by atoms with Crippen LogP contribution >= 0.6 is 12.4 Å². The van der Waals surface area contributed by atoms with Gasteiger partial charge in [-0.05, 0) is 31.4 Å². The van der Waals surface area contributed by atoms with Crippen LogP contribution in [0.1, 0.15) is 35.7 Å². The van der Waals surface area contributed by atoms with Crippen molar-refractivity contribution in [3.8, 4) is 0 Å². The van der Waals surface area contributed by atoms with Crippen molar-refractivity contribution in [1.29, 1.82) is 0 Å². The Balaban J connectivity index is 0.000000750.